The molecule has 0 unspecified atom stereocenters. The minimum Gasteiger partial charge on any atom is -0.481 e. The molecule has 4 aromatic heterocycles. The third-order valence-electron chi connectivity index (χ3n) is 5.85. The average molecular weight is 508 g/mol. The van der Waals surface area contributed by atoms with Crippen LogP contribution in [-0.2, 0) is 11.3 Å². The molecule has 1 aliphatic rings. The van der Waals surface area contributed by atoms with Crippen LogP contribution in [0.1, 0.15) is 20.9 Å². The van der Waals surface area contributed by atoms with E-state index in [1.165, 1.54) is 6.20 Å². The highest BCUT2D eigenvalue weighted by Crippen LogP contribution is 2.35. The zero-order chi connectivity index (χ0) is 25.2. The lowest BCUT2D eigenvalue weighted by atomic mass is 10.2. The molecule has 36 heavy (non-hydrogen) atoms. The molecule has 0 aromatic carbocycles. The average Bonchev–Trinajstić information content (AvgIpc) is 3.30. The van der Waals surface area contributed by atoms with Gasteiger partial charge in [0.2, 0.25) is 11.8 Å². The van der Waals surface area contributed by atoms with Crippen molar-refractivity contribution in [2.24, 2.45) is 0 Å². The van der Waals surface area contributed by atoms with Crippen molar-refractivity contribution in [3.63, 3.8) is 0 Å². The number of methoxy groups -OCH3 is 1. The predicted molar refractivity (Wildman–Crippen MR) is 136 cm³/mol. The van der Waals surface area contributed by atoms with Gasteiger partial charge in [0.15, 0.2) is 11.6 Å². The molecule has 5 heterocycles. The number of carbonyl (C=O) groups is 1. The van der Waals surface area contributed by atoms with Crippen molar-refractivity contribution in [3.8, 4) is 17.3 Å². The van der Waals surface area contributed by atoms with Gasteiger partial charge in [-0.1, -0.05) is 0 Å². The Hall–Kier alpha value is -3.90. The number of carboxylic acid groups (broad SMARTS) is 1. The number of fused-ring (bicyclic) bond motifs is 1. The summed E-state index contributed by atoms with van der Waals surface area (Å²) in [6.07, 6.45) is 3.06. The molecule has 1 fully saturated rings. The van der Waals surface area contributed by atoms with Gasteiger partial charge in [-0.3, -0.25) is 0 Å². The highest BCUT2D eigenvalue weighted by atomic mass is 32.1. The Bertz CT molecular complexity index is 1400. The minimum absolute atomic E-state index is 0.0972. The Morgan fingerprint density at radius 2 is 2.00 bits per heavy atom. The van der Waals surface area contributed by atoms with Crippen LogP contribution in [-0.4, -0.2) is 76.5 Å². The van der Waals surface area contributed by atoms with Gasteiger partial charge in [-0.2, -0.15) is 0 Å². The van der Waals surface area contributed by atoms with Crippen molar-refractivity contribution < 1.29 is 19.4 Å². The van der Waals surface area contributed by atoms with Crippen LogP contribution >= 0.6 is 11.3 Å². The first-order valence-electron chi connectivity index (χ1n) is 11.3. The van der Waals surface area contributed by atoms with Gasteiger partial charge in [-0.05, 0) is 19.1 Å². The maximum absolute atomic E-state index is 11.3. The molecule has 1 saturated heterocycles. The fourth-order valence-electron chi connectivity index (χ4n) is 3.95. The quantitative estimate of drug-likeness (QED) is 0.396. The Balaban J connectivity index is 1.50. The molecule has 0 amide bonds. The second-order valence-corrected chi connectivity index (χ2v) is 9.45. The number of aryl methyl sites for hydroxylation is 1. The summed E-state index contributed by atoms with van der Waals surface area (Å²) in [6.45, 7) is 5.01. The molecule has 4 aromatic rings. The smallest absolute Gasteiger partial charge is 0.339 e. The standard InChI is InChI=1S/C24H25N7O4S/c1-14-17(23(32)33)12-26-24(27-14)30(2)13-16-10-18-20(36-16)22(31-6-8-35-9-7-31)29-21(28-18)15-4-5-19(34-3)25-11-15/h4-5,10-12H,6-9,13H2,1-3H3,(H,32,33). The number of carboxylic acids is 1. The van der Waals surface area contributed by atoms with E-state index in [2.05, 4.69) is 25.9 Å². The van der Waals surface area contributed by atoms with Gasteiger partial charge in [0, 0.05) is 49.0 Å². The fraction of sp³-hybridized carbons (Fsp3) is 0.333. The number of hydrogen-bond donors (Lipinski definition) is 1. The van der Waals surface area contributed by atoms with Crippen molar-refractivity contribution in [3.05, 3.63) is 46.7 Å². The molecule has 1 N–H and O–H groups in total. The van der Waals surface area contributed by atoms with E-state index in [0.717, 1.165) is 39.6 Å². The molecule has 0 spiro atoms. The lowest BCUT2D eigenvalue weighted by molar-refractivity contribution is 0.0695. The molecule has 11 nitrogen and oxygen atoms in total. The Morgan fingerprint density at radius 1 is 1.19 bits per heavy atom. The first-order chi connectivity index (χ1) is 17.4. The number of pyridine rings is 1. The summed E-state index contributed by atoms with van der Waals surface area (Å²) in [5.41, 5.74) is 2.18. The molecule has 186 valence electrons. The molecule has 0 radical (unpaired) electrons. The first kappa shape index (κ1) is 23.8. The van der Waals surface area contributed by atoms with Crippen LogP contribution in [0.2, 0.25) is 0 Å². The molecule has 0 atom stereocenters. The SMILES string of the molecule is COc1ccc(-c2nc(N3CCOCC3)c3sc(CN(C)c4ncc(C(=O)O)c(C)n4)cc3n2)cn1. The van der Waals surface area contributed by atoms with E-state index in [0.29, 0.717) is 43.1 Å². The van der Waals surface area contributed by atoms with E-state index in [9.17, 15) is 9.90 Å². The number of anilines is 2. The van der Waals surface area contributed by atoms with Crippen molar-refractivity contribution in [2.45, 2.75) is 13.5 Å². The van der Waals surface area contributed by atoms with Gasteiger partial charge in [0.25, 0.3) is 0 Å². The number of aromatic carboxylic acids is 1. The topological polar surface area (TPSA) is 127 Å². The summed E-state index contributed by atoms with van der Waals surface area (Å²) in [5, 5.41) is 9.25. The number of rotatable bonds is 7. The molecule has 0 aliphatic carbocycles. The van der Waals surface area contributed by atoms with Crippen LogP contribution in [0.4, 0.5) is 11.8 Å². The molecule has 1 aliphatic heterocycles. The van der Waals surface area contributed by atoms with E-state index in [4.69, 9.17) is 19.4 Å². The normalized spacial score (nSPS) is 13.7. The Morgan fingerprint density at radius 3 is 2.67 bits per heavy atom. The monoisotopic (exact) mass is 507 g/mol. The summed E-state index contributed by atoms with van der Waals surface area (Å²) < 4.78 is 11.7. The lowest BCUT2D eigenvalue weighted by Crippen LogP contribution is -2.36. The third-order valence-corrected chi connectivity index (χ3v) is 6.96. The summed E-state index contributed by atoms with van der Waals surface area (Å²) in [6, 6.07) is 5.75. The van der Waals surface area contributed by atoms with E-state index >= 15 is 0 Å². The molecule has 12 heteroatoms. The largest absolute Gasteiger partial charge is 0.481 e. The van der Waals surface area contributed by atoms with Gasteiger partial charge >= 0.3 is 5.97 Å². The highest BCUT2D eigenvalue weighted by Gasteiger charge is 2.21. The molecular formula is C24H25N7O4S. The maximum Gasteiger partial charge on any atom is 0.339 e. The number of thiophene rings is 1. The van der Waals surface area contributed by atoms with Gasteiger partial charge in [0.1, 0.15) is 0 Å². The Kier molecular flexibility index (Phi) is 6.61. The van der Waals surface area contributed by atoms with Crippen LogP contribution in [0.25, 0.3) is 21.6 Å². The van der Waals surface area contributed by atoms with E-state index in [1.807, 2.05) is 18.0 Å². The number of morpholine rings is 1. The van der Waals surface area contributed by atoms with E-state index < -0.39 is 5.97 Å². The van der Waals surface area contributed by atoms with Crippen LogP contribution in [0, 0.1) is 6.92 Å². The molecule has 0 saturated carbocycles. The van der Waals surface area contributed by atoms with Crippen molar-refractivity contribution in [1.82, 2.24) is 24.9 Å². The second-order valence-electron chi connectivity index (χ2n) is 8.32. The van der Waals surface area contributed by atoms with Gasteiger partial charge < -0.3 is 24.4 Å². The summed E-state index contributed by atoms with van der Waals surface area (Å²) in [4.78, 5) is 39.2. The van der Waals surface area contributed by atoms with Crippen LogP contribution < -0.4 is 14.5 Å². The number of hydrogen-bond acceptors (Lipinski definition) is 11. The number of ether oxygens (including phenoxy) is 2. The van der Waals surface area contributed by atoms with Gasteiger partial charge in [-0.25, -0.2) is 29.7 Å². The van der Waals surface area contributed by atoms with Crippen LogP contribution in [0.3, 0.4) is 0 Å². The van der Waals surface area contributed by atoms with E-state index in [-0.39, 0.29) is 5.56 Å². The summed E-state index contributed by atoms with van der Waals surface area (Å²) in [5.74, 6) is 1.43. The van der Waals surface area contributed by atoms with Gasteiger partial charge in [-0.15, -0.1) is 11.3 Å². The van der Waals surface area contributed by atoms with E-state index in [1.54, 1.807) is 37.6 Å². The summed E-state index contributed by atoms with van der Waals surface area (Å²) >= 11 is 1.63. The van der Waals surface area contributed by atoms with Crippen molar-refractivity contribution >= 4 is 39.3 Å². The Labute approximate surface area is 211 Å². The highest BCUT2D eigenvalue weighted by molar-refractivity contribution is 7.19. The van der Waals surface area contributed by atoms with Crippen molar-refractivity contribution in [2.75, 3.05) is 50.3 Å². The lowest BCUT2D eigenvalue weighted by Gasteiger charge is -2.28. The van der Waals surface area contributed by atoms with Crippen molar-refractivity contribution in [1.29, 1.82) is 0 Å². The third kappa shape index (κ3) is 4.77. The maximum atomic E-state index is 11.3. The molecule has 5 rings (SSSR count). The molecule has 0 bridgehead atoms. The number of aromatic nitrogens is 5. The fourth-order valence-corrected chi connectivity index (χ4v) is 5.11. The molecular weight excluding hydrogens is 482 g/mol. The van der Waals surface area contributed by atoms with Crippen LogP contribution in [0.15, 0.2) is 30.6 Å². The summed E-state index contributed by atoms with van der Waals surface area (Å²) in [7, 11) is 3.46. The minimum atomic E-state index is -1.04. The van der Waals surface area contributed by atoms with Gasteiger partial charge in [0.05, 0.1) is 48.3 Å². The first-order valence-corrected chi connectivity index (χ1v) is 12.2. The predicted octanol–water partition coefficient (Wildman–Crippen LogP) is 3.03. The zero-order valence-corrected chi connectivity index (χ0v) is 20.9. The van der Waals surface area contributed by atoms with Crippen LogP contribution in [0.5, 0.6) is 5.88 Å². The zero-order valence-electron chi connectivity index (χ0n) is 20.1. The number of nitrogens with zero attached hydrogens (tertiary/aromatic N) is 7. The second kappa shape index (κ2) is 9.99.